The maximum atomic E-state index is 11.2. The molecule has 76 valence electrons. The molecule has 0 spiro atoms. The van der Waals surface area contributed by atoms with Gasteiger partial charge in [-0.15, -0.1) is 11.6 Å². The Balaban J connectivity index is 2.66. The molecule has 0 radical (unpaired) electrons. The summed E-state index contributed by atoms with van der Waals surface area (Å²) in [6.45, 7) is 0.287. The Hall–Kier alpha value is -1.56. The Morgan fingerprint density at radius 2 is 2.36 bits per heavy atom. The van der Waals surface area contributed by atoms with Crippen LogP contribution in [0.5, 0.6) is 0 Å². The first kappa shape index (κ1) is 10.5. The van der Waals surface area contributed by atoms with Gasteiger partial charge in [0.1, 0.15) is 4.92 Å². The molecule has 6 nitrogen and oxygen atoms in total. The zero-order valence-corrected chi connectivity index (χ0v) is 7.78. The Bertz CT molecular complexity index is 349. The van der Waals surface area contributed by atoms with E-state index in [1.165, 1.54) is 6.07 Å². The highest BCUT2D eigenvalue weighted by Crippen LogP contribution is 2.15. The van der Waals surface area contributed by atoms with Crippen LogP contribution in [-0.2, 0) is 0 Å². The van der Waals surface area contributed by atoms with E-state index in [1.54, 1.807) is 0 Å². The number of hydrogen-bond acceptors (Lipinski definition) is 4. The van der Waals surface area contributed by atoms with Crippen molar-refractivity contribution in [3.63, 3.8) is 0 Å². The number of carbonyl (C=O) groups is 1. The van der Waals surface area contributed by atoms with E-state index in [9.17, 15) is 14.9 Å². The third-order valence-electron chi connectivity index (χ3n) is 1.38. The van der Waals surface area contributed by atoms with Gasteiger partial charge in [-0.05, 0) is 6.07 Å². The summed E-state index contributed by atoms with van der Waals surface area (Å²) in [6, 6.07) is 2.36. The molecule has 0 aliphatic carbocycles. The molecule has 0 saturated heterocycles. The lowest BCUT2D eigenvalue weighted by molar-refractivity contribution is -0.402. The van der Waals surface area contributed by atoms with Crippen LogP contribution in [0.3, 0.4) is 0 Å². The molecule has 1 aromatic heterocycles. The average molecular weight is 219 g/mol. The zero-order chi connectivity index (χ0) is 10.6. The second kappa shape index (κ2) is 4.61. The number of hydrogen-bond donors (Lipinski definition) is 1. The third kappa shape index (κ3) is 2.46. The number of rotatable bonds is 4. The van der Waals surface area contributed by atoms with Crippen LogP contribution >= 0.6 is 11.6 Å². The van der Waals surface area contributed by atoms with Crippen molar-refractivity contribution in [3.05, 3.63) is 28.0 Å². The molecule has 0 aliphatic heterocycles. The van der Waals surface area contributed by atoms with E-state index >= 15 is 0 Å². The number of nitrogens with one attached hydrogen (secondary N) is 1. The maximum absolute atomic E-state index is 11.2. The summed E-state index contributed by atoms with van der Waals surface area (Å²) >= 11 is 5.34. The fourth-order valence-corrected chi connectivity index (χ4v) is 0.890. The van der Waals surface area contributed by atoms with Gasteiger partial charge in [0, 0.05) is 12.4 Å². The number of amides is 1. The van der Waals surface area contributed by atoms with Crippen molar-refractivity contribution < 1.29 is 14.1 Å². The molecule has 0 atom stereocenters. The van der Waals surface area contributed by atoms with Crippen LogP contribution in [0.25, 0.3) is 0 Å². The highest BCUT2D eigenvalue weighted by molar-refractivity contribution is 6.18. The second-order valence-electron chi connectivity index (χ2n) is 2.34. The Kier molecular flexibility index (Phi) is 3.47. The Morgan fingerprint density at radius 3 is 2.86 bits per heavy atom. The van der Waals surface area contributed by atoms with Crippen molar-refractivity contribution in [2.24, 2.45) is 0 Å². The summed E-state index contributed by atoms with van der Waals surface area (Å²) < 4.78 is 4.65. The summed E-state index contributed by atoms with van der Waals surface area (Å²) in [5.74, 6) is -0.796. The highest BCUT2D eigenvalue weighted by Gasteiger charge is 2.16. The van der Waals surface area contributed by atoms with Gasteiger partial charge in [-0.1, -0.05) is 0 Å². The van der Waals surface area contributed by atoms with Crippen LogP contribution in [0.1, 0.15) is 10.6 Å². The molecule has 1 amide bonds. The van der Waals surface area contributed by atoms with Crippen molar-refractivity contribution in [1.82, 2.24) is 5.32 Å². The Morgan fingerprint density at radius 1 is 1.64 bits per heavy atom. The molecule has 0 fully saturated rings. The third-order valence-corrected chi connectivity index (χ3v) is 1.56. The fraction of sp³-hybridized carbons (Fsp3) is 0.286. The van der Waals surface area contributed by atoms with Crippen LogP contribution in [-0.4, -0.2) is 23.3 Å². The topological polar surface area (TPSA) is 85.4 Å². The number of carbonyl (C=O) groups excluding carboxylic acids is 1. The number of alkyl halides is 1. The minimum absolute atomic E-state index is 0.0955. The molecular formula is C7H7ClN2O4. The number of furan rings is 1. The van der Waals surface area contributed by atoms with E-state index in [-0.39, 0.29) is 18.2 Å². The first-order valence-corrected chi connectivity index (χ1v) is 4.27. The largest absolute Gasteiger partial charge is 0.433 e. The van der Waals surface area contributed by atoms with Crippen LogP contribution in [0.2, 0.25) is 0 Å². The minimum Gasteiger partial charge on any atom is -0.395 e. The average Bonchev–Trinajstić information content (AvgIpc) is 2.62. The summed E-state index contributed by atoms with van der Waals surface area (Å²) in [4.78, 5) is 20.7. The van der Waals surface area contributed by atoms with Crippen molar-refractivity contribution in [1.29, 1.82) is 0 Å². The van der Waals surface area contributed by atoms with Crippen molar-refractivity contribution >= 4 is 23.4 Å². The molecule has 0 unspecified atom stereocenters. The quantitative estimate of drug-likeness (QED) is 0.467. The van der Waals surface area contributed by atoms with Crippen molar-refractivity contribution in [3.8, 4) is 0 Å². The lowest BCUT2D eigenvalue weighted by Crippen LogP contribution is -2.24. The predicted molar refractivity (Wildman–Crippen MR) is 48.4 cm³/mol. The molecule has 0 aromatic carbocycles. The molecule has 1 rings (SSSR count). The van der Waals surface area contributed by atoms with Gasteiger partial charge in [0.2, 0.25) is 0 Å². The van der Waals surface area contributed by atoms with Crippen LogP contribution in [0.15, 0.2) is 16.5 Å². The van der Waals surface area contributed by atoms with E-state index in [0.717, 1.165) is 6.07 Å². The standard InChI is InChI=1S/C7H7ClN2O4/c8-3-4-9-7(11)5-1-2-6(14-5)10(12)13/h1-2H,3-4H2,(H,9,11). The summed E-state index contributed by atoms with van der Waals surface area (Å²) in [5, 5.41) is 12.6. The van der Waals surface area contributed by atoms with Crippen LogP contribution in [0.4, 0.5) is 5.88 Å². The minimum atomic E-state index is -0.710. The number of nitro groups is 1. The highest BCUT2D eigenvalue weighted by atomic mass is 35.5. The summed E-state index contributed by atoms with van der Waals surface area (Å²) in [5.41, 5.74) is 0. The zero-order valence-electron chi connectivity index (χ0n) is 7.03. The van der Waals surface area contributed by atoms with Gasteiger partial charge < -0.3 is 9.73 Å². The van der Waals surface area contributed by atoms with Gasteiger partial charge in [0.15, 0.2) is 5.76 Å². The van der Waals surface area contributed by atoms with E-state index in [1.807, 2.05) is 0 Å². The monoisotopic (exact) mass is 218 g/mol. The second-order valence-corrected chi connectivity index (χ2v) is 2.72. The van der Waals surface area contributed by atoms with Gasteiger partial charge in [-0.2, -0.15) is 0 Å². The fourth-order valence-electron chi connectivity index (χ4n) is 0.796. The van der Waals surface area contributed by atoms with E-state index < -0.39 is 16.7 Å². The van der Waals surface area contributed by atoms with E-state index in [4.69, 9.17) is 11.6 Å². The van der Waals surface area contributed by atoms with E-state index in [2.05, 4.69) is 9.73 Å². The number of nitrogens with zero attached hydrogens (tertiary/aromatic N) is 1. The first-order chi connectivity index (χ1) is 6.65. The lowest BCUT2D eigenvalue weighted by atomic mass is 10.4. The normalized spacial score (nSPS) is 9.79. The SMILES string of the molecule is O=C(NCCCl)c1ccc([N+](=O)[O-])o1. The van der Waals surface area contributed by atoms with Gasteiger partial charge in [-0.25, -0.2) is 0 Å². The molecule has 1 N–H and O–H groups in total. The molecule has 1 heterocycles. The molecule has 0 saturated carbocycles. The van der Waals surface area contributed by atoms with Crippen LogP contribution in [0, 0.1) is 10.1 Å². The molecule has 14 heavy (non-hydrogen) atoms. The lowest BCUT2D eigenvalue weighted by Gasteiger charge is -1.97. The molecule has 0 aliphatic rings. The molecule has 0 bridgehead atoms. The molecule has 1 aromatic rings. The van der Waals surface area contributed by atoms with Crippen molar-refractivity contribution in [2.75, 3.05) is 12.4 Å². The Labute approximate surface area is 84.0 Å². The van der Waals surface area contributed by atoms with E-state index in [0.29, 0.717) is 0 Å². The first-order valence-electron chi connectivity index (χ1n) is 3.73. The predicted octanol–water partition coefficient (Wildman–Crippen LogP) is 1.16. The summed E-state index contributed by atoms with van der Waals surface area (Å²) in [7, 11) is 0. The van der Waals surface area contributed by atoms with Gasteiger partial charge >= 0.3 is 5.88 Å². The maximum Gasteiger partial charge on any atom is 0.433 e. The molecule has 7 heteroatoms. The van der Waals surface area contributed by atoms with Gasteiger partial charge in [0.25, 0.3) is 5.91 Å². The van der Waals surface area contributed by atoms with Crippen molar-refractivity contribution in [2.45, 2.75) is 0 Å². The summed E-state index contributed by atoms with van der Waals surface area (Å²) in [6.07, 6.45) is 0. The number of halogens is 1. The molecular weight excluding hydrogens is 212 g/mol. The smallest absolute Gasteiger partial charge is 0.395 e. The van der Waals surface area contributed by atoms with Gasteiger partial charge in [0.05, 0.1) is 6.07 Å². The van der Waals surface area contributed by atoms with Gasteiger partial charge in [-0.3, -0.25) is 14.9 Å². The van der Waals surface area contributed by atoms with Crippen LogP contribution < -0.4 is 5.32 Å².